The maximum atomic E-state index is 12.7. The molecule has 0 spiro atoms. The fourth-order valence-corrected chi connectivity index (χ4v) is 2.49. The molecule has 2 rings (SSSR count). The van der Waals surface area contributed by atoms with E-state index in [2.05, 4.69) is 15.6 Å². The molecule has 0 saturated carbocycles. The zero-order chi connectivity index (χ0) is 18.6. The van der Waals surface area contributed by atoms with Crippen molar-refractivity contribution >= 4 is 28.3 Å². The number of amidine groups is 1. The summed E-state index contributed by atoms with van der Waals surface area (Å²) in [5.41, 5.74) is 1.42. The molecule has 0 radical (unpaired) electrons. The Bertz CT molecular complexity index is 868. The minimum absolute atomic E-state index is 0.0451. The molecule has 0 aliphatic heterocycles. The van der Waals surface area contributed by atoms with Crippen molar-refractivity contribution in [1.29, 1.82) is 0 Å². The summed E-state index contributed by atoms with van der Waals surface area (Å²) in [6.07, 6.45) is 0. The van der Waals surface area contributed by atoms with Crippen molar-refractivity contribution in [3.05, 3.63) is 34.6 Å². The Morgan fingerprint density at radius 1 is 1.32 bits per heavy atom. The average molecular weight is 344 g/mol. The third-order valence-corrected chi connectivity index (χ3v) is 3.82. The molecule has 1 amide bonds. The van der Waals surface area contributed by atoms with Gasteiger partial charge in [0.1, 0.15) is 0 Å². The van der Waals surface area contributed by atoms with Gasteiger partial charge < -0.3 is 19.9 Å². The Morgan fingerprint density at radius 2 is 2.04 bits per heavy atom. The number of nitrogens with zero attached hydrogens (tertiary/aromatic N) is 2. The van der Waals surface area contributed by atoms with Gasteiger partial charge in [0.25, 0.3) is 11.5 Å². The molecule has 2 aromatic rings. The van der Waals surface area contributed by atoms with E-state index in [0.717, 1.165) is 22.4 Å². The molecular weight excluding hydrogens is 320 g/mol. The van der Waals surface area contributed by atoms with Crippen molar-refractivity contribution in [2.45, 2.75) is 26.8 Å². The summed E-state index contributed by atoms with van der Waals surface area (Å²) in [6, 6.07) is 7.35. The third kappa shape index (κ3) is 4.17. The lowest BCUT2D eigenvalue weighted by Crippen LogP contribution is -2.29. The summed E-state index contributed by atoms with van der Waals surface area (Å²) in [5.74, 6) is 0.649. The number of pyridine rings is 1. The highest BCUT2D eigenvalue weighted by atomic mass is 16.5. The maximum Gasteiger partial charge on any atom is 0.293 e. The Labute approximate surface area is 146 Å². The summed E-state index contributed by atoms with van der Waals surface area (Å²) in [5, 5.41) is 6.50. The molecule has 1 aromatic heterocycles. The van der Waals surface area contributed by atoms with E-state index in [1.165, 1.54) is 7.05 Å². The zero-order valence-corrected chi connectivity index (χ0v) is 15.2. The first-order chi connectivity index (χ1) is 11.9. The number of hydrogen-bond donors (Lipinski definition) is 2. The number of carbonyl (C=O) groups is 1. The number of aromatic nitrogens is 1. The molecule has 0 bridgehead atoms. The number of carbonyl (C=O) groups excluding carboxylic acids is 1. The molecule has 0 aliphatic carbocycles. The monoisotopic (exact) mass is 344 g/mol. The summed E-state index contributed by atoms with van der Waals surface area (Å²) in [7, 11) is 3.23. The first kappa shape index (κ1) is 18.5. The first-order valence-corrected chi connectivity index (χ1v) is 8.10. The summed E-state index contributed by atoms with van der Waals surface area (Å²) < 4.78 is 7.11. The molecule has 0 atom stereocenters. The van der Waals surface area contributed by atoms with Gasteiger partial charge in [-0.2, -0.15) is 0 Å². The summed E-state index contributed by atoms with van der Waals surface area (Å²) in [4.78, 5) is 28.2. The number of ether oxygens (including phenoxy) is 1. The Morgan fingerprint density at radius 3 is 2.64 bits per heavy atom. The van der Waals surface area contributed by atoms with Crippen molar-refractivity contribution in [3.8, 4) is 5.75 Å². The van der Waals surface area contributed by atoms with E-state index >= 15 is 0 Å². The Hall–Kier alpha value is -2.83. The highest BCUT2D eigenvalue weighted by Gasteiger charge is 2.14. The van der Waals surface area contributed by atoms with E-state index < -0.39 is 0 Å². The van der Waals surface area contributed by atoms with E-state index in [1.807, 2.05) is 39.0 Å². The van der Waals surface area contributed by atoms with Crippen LogP contribution < -0.4 is 20.9 Å². The predicted molar refractivity (Wildman–Crippen MR) is 101 cm³/mol. The maximum absolute atomic E-state index is 12.7. The van der Waals surface area contributed by atoms with Gasteiger partial charge in [-0.1, -0.05) is 0 Å². The predicted octanol–water partition coefficient (Wildman–Crippen LogP) is 2.17. The molecule has 7 heteroatoms. The van der Waals surface area contributed by atoms with Crippen LogP contribution in [0.25, 0.3) is 10.9 Å². The van der Waals surface area contributed by atoms with Gasteiger partial charge in [-0.25, -0.2) is 0 Å². The molecule has 7 nitrogen and oxygen atoms in total. The second kappa shape index (κ2) is 7.83. The van der Waals surface area contributed by atoms with Crippen LogP contribution in [0.2, 0.25) is 0 Å². The molecule has 0 fully saturated rings. The van der Waals surface area contributed by atoms with Crippen LogP contribution in [0.4, 0.5) is 5.69 Å². The number of likely N-dealkylation sites (N-methyl/N-ethyl adjacent to an activating group) is 1. The molecule has 0 aliphatic rings. The minimum atomic E-state index is -0.291. The number of aliphatic imine (C=N–C) groups is 1. The lowest BCUT2D eigenvalue weighted by atomic mass is 10.1. The minimum Gasteiger partial charge on any atom is -0.478 e. The van der Waals surface area contributed by atoms with E-state index in [-0.39, 0.29) is 29.9 Å². The van der Waals surface area contributed by atoms with Crippen LogP contribution in [-0.2, 0) is 4.79 Å². The second-order valence-corrected chi connectivity index (χ2v) is 5.95. The molecule has 2 N–H and O–H groups in total. The van der Waals surface area contributed by atoms with Gasteiger partial charge >= 0.3 is 0 Å². The molecule has 0 unspecified atom stereocenters. The van der Waals surface area contributed by atoms with Crippen LogP contribution >= 0.6 is 0 Å². The van der Waals surface area contributed by atoms with Gasteiger partial charge in [-0.15, -0.1) is 0 Å². The number of rotatable bonds is 5. The Kier molecular flexibility index (Phi) is 5.80. The summed E-state index contributed by atoms with van der Waals surface area (Å²) >= 11 is 0. The van der Waals surface area contributed by atoms with Crippen molar-refractivity contribution in [2.24, 2.45) is 4.99 Å². The average Bonchev–Trinajstić information content (AvgIpc) is 2.59. The second-order valence-electron chi connectivity index (χ2n) is 5.95. The van der Waals surface area contributed by atoms with Crippen molar-refractivity contribution in [2.75, 3.05) is 26.0 Å². The zero-order valence-electron chi connectivity index (χ0n) is 15.2. The van der Waals surface area contributed by atoms with Gasteiger partial charge in [0.2, 0.25) is 0 Å². The van der Waals surface area contributed by atoms with Crippen molar-refractivity contribution in [3.63, 3.8) is 0 Å². The molecule has 25 heavy (non-hydrogen) atoms. The van der Waals surface area contributed by atoms with Crippen molar-refractivity contribution < 1.29 is 9.53 Å². The van der Waals surface area contributed by atoms with E-state index in [9.17, 15) is 9.59 Å². The first-order valence-electron chi connectivity index (χ1n) is 8.10. The van der Waals surface area contributed by atoms with Gasteiger partial charge in [-0.3, -0.25) is 14.6 Å². The van der Waals surface area contributed by atoms with E-state index in [4.69, 9.17) is 4.74 Å². The largest absolute Gasteiger partial charge is 0.478 e. The van der Waals surface area contributed by atoms with Crippen LogP contribution in [0.5, 0.6) is 5.75 Å². The highest BCUT2D eigenvalue weighted by Crippen LogP contribution is 2.24. The van der Waals surface area contributed by atoms with Gasteiger partial charge in [0, 0.05) is 31.2 Å². The SMILES string of the molecule is C/N=C(\C)Nc1ccc2c(c1)cc(OCC(=O)NC)c(=O)n2C(C)C. The van der Waals surface area contributed by atoms with Crippen LogP contribution in [0, 0.1) is 0 Å². The Balaban J connectivity index is 2.55. The molecule has 1 aromatic carbocycles. The van der Waals surface area contributed by atoms with E-state index in [0.29, 0.717) is 0 Å². The van der Waals surface area contributed by atoms with Crippen LogP contribution in [0.15, 0.2) is 34.1 Å². The highest BCUT2D eigenvalue weighted by molar-refractivity contribution is 5.95. The van der Waals surface area contributed by atoms with E-state index in [1.54, 1.807) is 17.7 Å². The number of benzene rings is 1. The quantitative estimate of drug-likeness (QED) is 0.643. The number of fused-ring (bicyclic) bond motifs is 1. The fraction of sp³-hybridized carbons (Fsp3) is 0.389. The lowest BCUT2D eigenvalue weighted by molar-refractivity contribution is -0.122. The standard InChI is InChI=1S/C18H24N4O3/c1-11(2)22-15-7-6-14(21-12(3)19-4)8-13(15)9-16(18(22)24)25-10-17(23)20-5/h6-9,11H,10H2,1-5H3,(H,19,21)(H,20,23). The number of nitrogens with one attached hydrogen (secondary N) is 2. The van der Waals surface area contributed by atoms with Gasteiger partial charge in [-0.05, 0) is 45.0 Å². The lowest BCUT2D eigenvalue weighted by Gasteiger charge is -2.17. The molecule has 0 saturated heterocycles. The topological polar surface area (TPSA) is 84.7 Å². The van der Waals surface area contributed by atoms with Crippen LogP contribution in [0.3, 0.4) is 0 Å². The molecule has 1 heterocycles. The van der Waals surface area contributed by atoms with Gasteiger partial charge in [0.15, 0.2) is 12.4 Å². The van der Waals surface area contributed by atoms with Crippen LogP contribution in [-0.4, -0.2) is 37.0 Å². The smallest absolute Gasteiger partial charge is 0.293 e. The van der Waals surface area contributed by atoms with Gasteiger partial charge in [0.05, 0.1) is 11.4 Å². The summed E-state index contributed by atoms with van der Waals surface area (Å²) in [6.45, 7) is 5.54. The van der Waals surface area contributed by atoms with Crippen molar-refractivity contribution in [1.82, 2.24) is 9.88 Å². The fourth-order valence-electron chi connectivity index (χ4n) is 2.49. The molecule has 134 valence electrons. The number of anilines is 1. The third-order valence-electron chi connectivity index (χ3n) is 3.82. The molecular formula is C18H24N4O3. The van der Waals surface area contributed by atoms with Crippen LogP contribution in [0.1, 0.15) is 26.8 Å². The normalized spacial score (nSPS) is 11.7. The number of amides is 1. The number of hydrogen-bond acceptors (Lipinski definition) is 4.